The van der Waals surface area contributed by atoms with Crippen molar-refractivity contribution in [2.24, 2.45) is 5.41 Å². The van der Waals surface area contributed by atoms with Crippen LogP contribution in [0.2, 0.25) is 0 Å². The smallest absolute Gasteiger partial charge is 0.309 e. The van der Waals surface area contributed by atoms with Gasteiger partial charge in [-0.15, -0.1) is 0 Å². The van der Waals surface area contributed by atoms with Crippen molar-refractivity contribution in [3.8, 4) is 5.75 Å². The van der Waals surface area contributed by atoms with E-state index in [1.54, 1.807) is 14.2 Å². The molecule has 0 spiro atoms. The summed E-state index contributed by atoms with van der Waals surface area (Å²) in [7, 11) is 3.43. The van der Waals surface area contributed by atoms with Gasteiger partial charge in [0.1, 0.15) is 5.75 Å². The van der Waals surface area contributed by atoms with Crippen molar-refractivity contribution >= 4 is 11.7 Å². The number of methoxy groups -OCH3 is 2. The molecule has 4 aliphatic rings. The van der Waals surface area contributed by atoms with Gasteiger partial charge in [-0.3, -0.25) is 9.69 Å². The third kappa shape index (κ3) is 5.89. The fourth-order valence-electron chi connectivity index (χ4n) is 6.47. The highest BCUT2D eigenvalue weighted by Gasteiger charge is 2.45. The molecule has 1 saturated carbocycles. The monoisotopic (exact) mass is 547 g/mol. The predicted octanol–water partition coefficient (Wildman–Crippen LogP) is 5.10. The quantitative estimate of drug-likeness (QED) is 0.437. The van der Waals surface area contributed by atoms with Crippen molar-refractivity contribution in [1.82, 2.24) is 9.80 Å². The van der Waals surface area contributed by atoms with Crippen LogP contribution in [0.4, 0.5) is 14.5 Å². The lowest BCUT2D eigenvalue weighted by Gasteiger charge is -2.51. The highest BCUT2D eigenvalue weighted by molar-refractivity contribution is 5.74. The number of hydrogen-bond donors (Lipinski definition) is 1. The van der Waals surface area contributed by atoms with Crippen LogP contribution in [0.5, 0.6) is 5.75 Å². The van der Waals surface area contributed by atoms with E-state index in [1.165, 1.54) is 5.56 Å². The maximum absolute atomic E-state index is 13.8. The Kier molecular flexibility index (Phi) is 7.61. The zero-order valence-electron chi connectivity index (χ0n) is 23.6. The lowest BCUT2D eigenvalue weighted by molar-refractivity contribution is -0.151. The van der Waals surface area contributed by atoms with Gasteiger partial charge in [-0.25, -0.2) is 8.78 Å². The summed E-state index contributed by atoms with van der Waals surface area (Å²) in [5.74, 6) is -1.98. The van der Waals surface area contributed by atoms with E-state index in [-0.39, 0.29) is 18.4 Å². The zero-order valence-corrected chi connectivity index (χ0v) is 23.6. The molecular weight excluding hydrogens is 504 g/mol. The van der Waals surface area contributed by atoms with Crippen LogP contribution in [-0.4, -0.2) is 85.9 Å². The molecular formula is C30H43F2N3O4. The average Bonchev–Trinajstić information content (AvgIpc) is 3.73. The molecule has 7 nitrogen and oxygen atoms in total. The van der Waals surface area contributed by atoms with Crippen molar-refractivity contribution in [1.29, 1.82) is 0 Å². The molecule has 4 fully saturated rings. The molecule has 1 aromatic carbocycles. The second kappa shape index (κ2) is 10.5. The SMILES string of the molecule is C=C(CC1(OC)CN(Cc2cc(C3CC3)c(N3CCC(F)(F)CC3)cc2OC)C1)N1CCC(C)(C(=O)O)CC1. The number of benzene rings is 1. The fraction of sp³-hybridized carbons (Fsp3) is 0.700. The van der Waals surface area contributed by atoms with E-state index in [9.17, 15) is 18.7 Å². The first-order chi connectivity index (χ1) is 18.5. The van der Waals surface area contributed by atoms with E-state index in [2.05, 4.69) is 33.4 Å². The summed E-state index contributed by atoms with van der Waals surface area (Å²) in [6.07, 6.45) is 4.03. The molecule has 0 amide bonds. The van der Waals surface area contributed by atoms with E-state index >= 15 is 0 Å². The number of piperidine rings is 2. The van der Waals surface area contributed by atoms with Crippen LogP contribution in [0.15, 0.2) is 24.4 Å². The Bertz CT molecular complexity index is 1080. The minimum Gasteiger partial charge on any atom is -0.496 e. The normalized spacial score (nSPS) is 24.2. The van der Waals surface area contributed by atoms with Crippen molar-refractivity contribution in [2.75, 3.05) is 58.4 Å². The third-order valence-corrected chi connectivity index (χ3v) is 9.49. The largest absolute Gasteiger partial charge is 0.496 e. The second-order valence-corrected chi connectivity index (χ2v) is 12.5. The number of nitrogens with zero attached hydrogens (tertiary/aromatic N) is 3. The fourth-order valence-corrected chi connectivity index (χ4v) is 6.47. The highest BCUT2D eigenvalue weighted by Crippen LogP contribution is 2.48. The molecule has 216 valence electrons. The number of hydrogen-bond acceptors (Lipinski definition) is 6. The number of halogens is 2. The Morgan fingerprint density at radius 2 is 1.72 bits per heavy atom. The minimum absolute atomic E-state index is 0.102. The third-order valence-electron chi connectivity index (χ3n) is 9.49. The molecule has 1 aromatic rings. The summed E-state index contributed by atoms with van der Waals surface area (Å²) in [4.78, 5) is 18.3. The topological polar surface area (TPSA) is 65.5 Å². The van der Waals surface area contributed by atoms with Crippen molar-refractivity contribution in [3.63, 3.8) is 0 Å². The Morgan fingerprint density at radius 1 is 1.08 bits per heavy atom. The summed E-state index contributed by atoms with van der Waals surface area (Å²) in [6.45, 7) is 10.6. The molecule has 0 radical (unpaired) electrons. The summed E-state index contributed by atoms with van der Waals surface area (Å²) in [5, 5.41) is 9.53. The average molecular weight is 548 g/mol. The lowest BCUT2D eigenvalue weighted by Crippen LogP contribution is -2.62. The first-order valence-corrected chi connectivity index (χ1v) is 14.2. The van der Waals surface area contributed by atoms with Gasteiger partial charge in [0.05, 0.1) is 18.1 Å². The highest BCUT2D eigenvalue weighted by atomic mass is 19.3. The van der Waals surface area contributed by atoms with Gasteiger partial charge >= 0.3 is 5.97 Å². The lowest BCUT2D eigenvalue weighted by atomic mass is 9.80. The van der Waals surface area contributed by atoms with Crippen LogP contribution in [0.1, 0.15) is 68.9 Å². The first kappa shape index (κ1) is 28.1. The number of aliphatic carboxylic acids is 1. The van der Waals surface area contributed by atoms with Crippen molar-refractivity contribution in [3.05, 3.63) is 35.5 Å². The van der Waals surface area contributed by atoms with Crippen molar-refractivity contribution in [2.45, 2.75) is 75.9 Å². The Labute approximate surface area is 230 Å². The Balaban J connectivity index is 1.22. The van der Waals surface area contributed by atoms with Gasteiger partial charge in [-0.1, -0.05) is 6.58 Å². The van der Waals surface area contributed by atoms with E-state index in [1.807, 2.05) is 6.92 Å². The number of carboxylic acids is 1. The number of anilines is 1. The standard InChI is InChI=1S/C30H43F2N3O4/c1-21(34-11-7-28(2,8-12-34)27(36)37)17-29(39-4)19-33(20-29)18-23-15-24(22-5-6-22)25(16-26(23)38-3)35-13-9-30(31,32)10-14-35/h15-16,22H,1,5-14,17-20H2,2-4H3,(H,36,37). The van der Waals surface area contributed by atoms with Gasteiger partial charge in [0.25, 0.3) is 5.92 Å². The maximum Gasteiger partial charge on any atom is 0.309 e. The summed E-state index contributed by atoms with van der Waals surface area (Å²) in [5.41, 5.74) is 3.49. The molecule has 39 heavy (non-hydrogen) atoms. The van der Waals surface area contributed by atoms with Gasteiger partial charge in [-0.2, -0.15) is 0 Å². The van der Waals surface area contributed by atoms with E-state index in [0.29, 0.717) is 51.4 Å². The van der Waals surface area contributed by atoms with E-state index in [0.717, 1.165) is 55.2 Å². The van der Waals surface area contributed by atoms with Crippen LogP contribution in [0.25, 0.3) is 0 Å². The Hall–Kier alpha value is -2.39. The summed E-state index contributed by atoms with van der Waals surface area (Å²) >= 11 is 0. The molecule has 0 bridgehead atoms. The predicted molar refractivity (Wildman–Crippen MR) is 147 cm³/mol. The van der Waals surface area contributed by atoms with E-state index in [4.69, 9.17) is 9.47 Å². The van der Waals surface area contributed by atoms with Gasteiger partial charge in [0.15, 0.2) is 0 Å². The summed E-state index contributed by atoms with van der Waals surface area (Å²) < 4.78 is 39.4. The van der Waals surface area contributed by atoms with Crippen LogP contribution in [0.3, 0.4) is 0 Å². The molecule has 1 N–H and O–H groups in total. The number of likely N-dealkylation sites (tertiary alicyclic amines) is 2. The Morgan fingerprint density at radius 3 is 2.26 bits per heavy atom. The molecule has 0 aromatic heterocycles. The van der Waals surface area contributed by atoms with Gasteiger partial charge in [-0.05, 0) is 50.2 Å². The van der Waals surface area contributed by atoms with Crippen LogP contribution < -0.4 is 9.64 Å². The summed E-state index contributed by atoms with van der Waals surface area (Å²) in [6, 6.07) is 4.32. The van der Waals surface area contributed by atoms with Crippen LogP contribution in [0, 0.1) is 5.41 Å². The molecule has 0 atom stereocenters. The molecule has 3 aliphatic heterocycles. The first-order valence-electron chi connectivity index (χ1n) is 14.2. The molecule has 9 heteroatoms. The minimum atomic E-state index is -2.57. The number of carbonyl (C=O) groups is 1. The van der Waals surface area contributed by atoms with Crippen molar-refractivity contribution < 1.29 is 28.2 Å². The zero-order chi connectivity index (χ0) is 28.0. The molecule has 1 aliphatic carbocycles. The number of ether oxygens (including phenoxy) is 2. The number of rotatable bonds is 10. The maximum atomic E-state index is 13.8. The number of carboxylic acid groups (broad SMARTS) is 1. The van der Waals surface area contributed by atoms with Crippen LogP contribution >= 0.6 is 0 Å². The second-order valence-electron chi connectivity index (χ2n) is 12.5. The molecule has 0 unspecified atom stereocenters. The van der Waals surface area contributed by atoms with Gasteiger partial charge in [0, 0.05) is 95.2 Å². The number of alkyl halides is 2. The van der Waals surface area contributed by atoms with Gasteiger partial charge < -0.3 is 24.4 Å². The molecule has 3 saturated heterocycles. The molecule has 5 rings (SSSR count). The van der Waals surface area contributed by atoms with E-state index < -0.39 is 17.3 Å². The van der Waals surface area contributed by atoms with Gasteiger partial charge in [0.2, 0.25) is 0 Å². The molecule has 3 heterocycles. The van der Waals surface area contributed by atoms with Crippen LogP contribution in [-0.2, 0) is 16.1 Å².